The standard InChI is InChI=1S/C40H42O15/c1-39(2)35(52)25(22(44)15-9-18-5-11-20(42)12-6-18)31(48)28(37(39)54)27(33(50)34(51)30(47)24(46)17-41)29-32(49)26(36(53)40(3,4)38(29)55)23(45)16-10-19-7-13-21(43)14-8-19/h5-16,24,27,30,33-34,41-51H,17H2,1-4H3/b15-9+,16-10+,25-22+,26-23+/t24-,30-,33+,34+/m1/s1. The molecule has 0 saturated carbocycles. The monoisotopic (exact) mass is 762 g/mol. The first-order valence-electron chi connectivity index (χ1n) is 16.8. The average molecular weight is 763 g/mol. The highest BCUT2D eigenvalue weighted by atomic mass is 16.4. The van der Waals surface area contributed by atoms with Crippen molar-refractivity contribution in [3.05, 3.63) is 117 Å². The van der Waals surface area contributed by atoms with Crippen LogP contribution in [0.2, 0.25) is 0 Å². The summed E-state index contributed by atoms with van der Waals surface area (Å²) in [6.45, 7) is 3.19. The average Bonchev–Trinajstić information content (AvgIpc) is 3.14. The molecule has 15 heteroatoms. The number of ketones is 4. The van der Waals surface area contributed by atoms with Gasteiger partial charge in [-0.25, -0.2) is 0 Å². The van der Waals surface area contributed by atoms with Gasteiger partial charge in [-0.3, -0.25) is 19.2 Å². The highest BCUT2D eigenvalue weighted by Crippen LogP contribution is 2.48. The Balaban J connectivity index is 2.09. The fourth-order valence-electron chi connectivity index (χ4n) is 6.16. The second-order valence-corrected chi connectivity index (χ2v) is 14.2. The van der Waals surface area contributed by atoms with Crippen LogP contribution in [0.3, 0.4) is 0 Å². The highest BCUT2D eigenvalue weighted by Gasteiger charge is 2.57. The van der Waals surface area contributed by atoms with Crippen molar-refractivity contribution >= 4 is 35.3 Å². The summed E-state index contributed by atoms with van der Waals surface area (Å²) >= 11 is 0. The molecule has 0 unspecified atom stereocenters. The molecule has 55 heavy (non-hydrogen) atoms. The third-order valence-electron chi connectivity index (χ3n) is 9.61. The zero-order chi connectivity index (χ0) is 41.3. The topological polar surface area (TPSA) is 291 Å². The van der Waals surface area contributed by atoms with Crippen LogP contribution < -0.4 is 0 Å². The van der Waals surface area contributed by atoms with Gasteiger partial charge < -0.3 is 56.2 Å². The number of carbonyl (C=O) groups excluding carboxylic acids is 4. The minimum Gasteiger partial charge on any atom is -0.508 e. The van der Waals surface area contributed by atoms with Gasteiger partial charge in [0.05, 0.1) is 29.5 Å². The van der Waals surface area contributed by atoms with Gasteiger partial charge in [-0.2, -0.15) is 0 Å². The number of aliphatic hydroxyl groups excluding tert-OH is 9. The van der Waals surface area contributed by atoms with Crippen molar-refractivity contribution in [2.24, 2.45) is 16.7 Å². The lowest BCUT2D eigenvalue weighted by atomic mass is 9.62. The minimum absolute atomic E-state index is 0.0736. The van der Waals surface area contributed by atoms with Gasteiger partial charge in [0.2, 0.25) is 0 Å². The maximum atomic E-state index is 14.3. The lowest BCUT2D eigenvalue weighted by molar-refractivity contribution is -0.139. The fraction of sp³-hybridized carbons (Fsp3) is 0.300. The summed E-state index contributed by atoms with van der Waals surface area (Å²) < 4.78 is 0. The molecule has 0 aromatic heterocycles. The van der Waals surface area contributed by atoms with Crippen LogP contribution >= 0.6 is 0 Å². The van der Waals surface area contributed by atoms with Crippen molar-refractivity contribution < 1.29 is 75.3 Å². The number of aromatic hydroxyl groups is 2. The van der Waals surface area contributed by atoms with E-state index in [1.807, 2.05) is 0 Å². The van der Waals surface area contributed by atoms with Crippen LogP contribution in [0.1, 0.15) is 38.8 Å². The third-order valence-corrected chi connectivity index (χ3v) is 9.61. The highest BCUT2D eigenvalue weighted by molar-refractivity contribution is 6.27. The van der Waals surface area contributed by atoms with E-state index >= 15 is 0 Å². The van der Waals surface area contributed by atoms with Gasteiger partial charge in [-0.15, -0.1) is 0 Å². The summed E-state index contributed by atoms with van der Waals surface area (Å²) in [5, 5.41) is 118. The zero-order valence-corrected chi connectivity index (χ0v) is 30.1. The van der Waals surface area contributed by atoms with Crippen LogP contribution in [-0.2, 0) is 19.2 Å². The molecule has 0 amide bonds. The first-order chi connectivity index (χ1) is 25.6. The maximum absolute atomic E-state index is 14.3. The summed E-state index contributed by atoms with van der Waals surface area (Å²) in [6.07, 6.45) is -5.30. The molecule has 0 bridgehead atoms. The van der Waals surface area contributed by atoms with E-state index in [0.29, 0.717) is 11.1 Å². The Bertz CT molecular complexity index is 1940. The number of aliphatic hydroxyl groups is 9. The van der Waals surface area contributed by atoms with E-state index in [1.165, 1.54) is 60.7 Å². The molecule has 2 aliphatic carbocycles. The van der Waals surface area contributed by atoms with E-state index in [4.69, 9.17) is 0 Å². The van der Waals surface area contributed by atoms with E-state index in [2.05, 4.69) is 0 Å². The molecule has 0 aliphatic heterocycles. The smallest absolute Gasteiger partial charge is 0.183 e. The van der Waals surface area contributed by atoms with Gasteiger partial charge in [0, 0.05) is 11.1 Å². The second kappa shape index (κ2) is 15.9. The van der Waals surface area contributed by atoms with Crippen LogP contribution in [0.5, 0.6) is 11.5 Å². The van der Waals surface area contributed by atoms with Crippen LogP contribution in [-0.4, -0.2) is 110 Å². The molecule has 0 radical (unpaired) electrons. The van der Waals surface area contributed by atoms with Gasteiger partial charge in [-0.05, 0) is 75.2 Å². The molecule has 15 nitrogen and oxygen atoms in total. The molecule has 0 fully saturated rings. The van der Waals surface area contributed by atoms with Gasteiger partial charge in [0.15, 0.2) is 23.1 Å². The molecule has 0 spiro atoms. The summed E-state index contributed by atoms with van der Waals surface area (Å²) in [6, 6.07) is 11.0. The predicted molar refractivity (Wildman–Crippen MR) is 195 cm³/mol. The Morgan fingerprint density at radius 1 is 0.564 bits per heavy atom. The number of allylic oxidation sites excluding steroid dienone is 4. The third kappa shape index (κ3) is 7.87. The summed E-state index contributed by atoms with van der Waals surface area (Å²) in [7, 11) is 0. The molecule has 2 aromatic carbocycles. The number of rotatable bonds is 11. The molecule has 292 valence electrons. The Kier molecular flexibility index (Phi) is 12.1. The van der Waals surface area contributed by atoms with Crippen LogP contribution in [0, 0.1) is 16.7 Å². The lowest BCUT2D eigenvalue weighted by Crippen LogP contribution is -2.54. The summed E-state index contributed by atoms with van der Waals surface area (Å²) in [4.78, 5) is 56.0. The molecule has 4 rings (SSSR count). The molecule has 2 aromatic rings. The summed E-state index contributed by atoms with van der Waals surface area (Å²) in [5.74, 6) is -12.0. The van der Waals surface area contributed by atoms with E-state index in [-0.39, 0.29) is 11.5 Å². The molecular formula is C40H42O15. The number of hydrogen-bond donors (Lipinski definition) is 11. The Morgan fingerprint density at radius 3 is 1.24 bits per heavy atom. The van der Waals surface area contributed by atoms with Crippen LogP contribution in [0.15, 0.2) is 106 Å². The molecular weight excluding hydrogens is 720 g/mol. The van der Waals surface area contributed by atoms with Crippen molar-refractivity contribution in [3.63, 3.8) is 0 Å². The van der Waals surface area contributed by atoms with E-state index in [1.54, 1.807) is 0 Å². The normalized spacial score (nSPS) is 21.8. The number of phenolic OH excluding ortho intramolecular Hbond substituents is 2. The molecule has 11 N–H and O–H groups in total. The first kappa shape index (κ1) is 41.9. The zero-order valence-electron chi connectivity index (χ0n) is 30.1. The lowest BCUT2D eigenvalue weighted by Gasteiger charge is -2.40. The number of carbonyl (C=O) groups is 4. The largest absolute Gasteiger partial charge is 0.508 e. The van der Waals surface area contributed by atoms with Crippen LogP contribution in [0.4, 0.5) is 0 Å². The molecule has 0 saturated heterocycles. The maximum Gasteiger partial charge on any atom is 0.183 e. The Hall–Kier alpha value is -5.84. The van der Waals surface area contributed by atoms with Gasteiger partial charge in [-0.1, -0.05) is 36.4 Å². The predicted octanol–water partition coefficient (Wildman–Crippen LogP) is 2.48. The second-order valence-electron chi connectivity index (χ2n) is 14.2. The molecule has 2 aliphatic rings. The summed E-state index contributed by atoms with van der Waals surface area (Å²) in [5.41, 5.74) is -7.54. The van der Waals surface area contributed by atoms with Gasteiger partial charge in [0.1, 0.15) is 64.0 Å². The van der Waals surface area contributed by atoms with Crippen LogP contribution in [0.25, 0.3) is 12.2 Å². The van der Waals surface area contributed by atoms with E-state index in [9.17, 15) is 75.3 Å². The molecule has 4 atom stereocenters. The van der Waals surface area contributed by atoms with Crippen molar-refractivity contribution in [2.75, 3.05) is 6.61 Å². The Morgan fingerprint density at radius 2 is 0.909 bits per heavy atom. The first-order valence-corrected chi connectivity index (χ1v) is 16.8. The quantitative estimate of drug-likeness (QED) is 0.0891. The van der Waals surface area contributed by atoms with Crippen molar-refractivity contribution in [1.29, 1.82) is 0 Å². The number of phenols is 2. The number of Topliss-reactive ketones (excluding diaryl/α,β-unsaturated/α-hetero) is 4. The van der Waals surface area contributed by atoms with Gasteiger partial charge >= 0.3 is 0 Å². The molecule has 0 heterocycles. The number of hydrogen-bond acceptors (Lipinski definition) is 15. The minimum atomic E-state index is -2.67. The SMILES string of the molecule is CC1(C)C(=O)C(C(C2=C(O)/C(=C(O)/C=C/c3ccc(O)cc3)C(=O)C(C)(C)C2=O)[C@H](O)[C@@H](O)[C@H](O)[C@H](O)CO)=C(O)/C(=C(O)/C=C/c2ccc(O)cc2)C1=O. The number of benzene rings is 2. The van der Waals surface area contributed by atoms with Crippen molar-refractivity contribution in [2.45, 2.75) is 52.1 Å². The van der Waals surface area contributed by atoms with E-state index < -0.39 is 116 Å². The fourth-order valence-corrected chi connectivity index (χ4v) is 6.16. The van der Waals surface area contributed by atoms with Gasteiger partial charge in [0.25, 0.3) is 0 Å². The Labute approximate surface area is 314 Å². The van der Waals surface area contributed by atoms with E-state index in [0.717, 1.165) is 39.8 Å². The van der Waals surface area contributed by atoms with Crippen molar-refractivity contribution in [1.82, 2.24) is 0 Å². The van der Waals surface area contributed by atoms with Crippen molar-refractivity contribution in [3.8, 4) is 11.5 Å².